The van der Waals surface area contributed by atoms with Gasteiger partial charge in [0.2, 0.25) is 11.1 Å². The van der Waals surface area contributed by atoms with Crippen molar-refractivity contribution in [2.75, 3.05) is 23.2 Å². The smallest absolute Gasteiger partial charge is 0.234 e. The van der Waals surface area contributed by atoms with E-state index in [0.717, 1.165) is 35.2 Å². The van der Waals surface area contributed by atoms with Crippen LogP contribution in [0.5, 0.6) is 0 Å². The van der Waals surface area contributed by atoms with E-state index in [4.69, 9.17) is 5.84 Å². The van der Waals surface area contributed by atoms with Crippen LogP contribution in [0.4, 0.5) is 5.69 Å². The van der Waals surface area contributed by atoms with Crippen LogP contribution in [0.15, 0.2) is 34.3 Å². The molecule has 1 heterocycles. The highest BCUT2D eigenvalue weighted by Crippen LogP contribution is 2.28. The van der Waals surface area contributed by atoms with Gasteiger partial charge < -0.3 is 11.2 Å². The Balaban J connectivity index is 1.49. The zero-order valence-corrected chi connectivity index (χ0v) is 17.3. The number of anilines is 1. The Hall–Kier alpha value is -1.67. The Labute approximate surface area is 169 Å². The first-order valence-corrected chi connectivity index (χ1v) is 11.6. The Morgan fingerprint density at radius 3 is 2.81 bits per heavy atom. The average Bonchev–Trinajstić information content (AvgIpc) is 3.05. The molecule has 6 nitrogen and oxygen atoms in total. The van der Waals surface area contributed by atoms with E-state index in [9.17, 15) is 4.79 Å². The standard InChI is InChI=1S/C19H27N5OS2/c1-26-16-10-6-5-9-15(16)21-18(25)13-27-19-23-22-17(24(19)20)12-11-14-7-3-2-4-8-14/h5-6,9-10,14H,2-4,7-8,11-13,20H2,1H3,(H,21,25). The number of benzene rings is 1. The molecule has 0 spiro atoms. The van der Waals surface area contributed by atoms with Crippen molar-refractivity contribution in [3.63, 3.8) is 0 Å². The van der Waals surface area contributed by atoms with E-state index in [1.165, 1.54) is 48.5 Å². The predicted molar refractivity (Wildman–Crippen MR) is 113 cm³/mol. The van der Waals surface area contributed by atoms with Crippen LogP contribution >= 0.6 is 23.5 Å². The third-order valence-electron chi connectivity index (χ3n) is 4.95. The second kappa shape index (κ2) is 10.0. The summed E-state index contributed by atoms with van der Waals surface area (Å²) in [4.78, 5) is 13.3. The zero-order valence-electron chi connectivity index (χ0n) is 15.7. The molecule has 27 heavy (non-hydrogen) atoms. The first kappa shape index (κ1) is 20.1. The molecule has 3 rings (SSSR count). The highest BCUT2D eigenvalue weighted by atomic mass is 32.2. The van der Waals surface area contributed by atoms with Crippen molar-refractivity contribution in [2.24, 2.45) is 5.92 Å². The van der Waals surface area contributed by atoms with Crippen LogP contribution in [0.1, 0.15) is 44.3 Å². The Morgan fingerprint density at radius 2 is 2.04 bits per heavy atom. The van der Waals surface area contributed by atoms with E-state index < -0.39 is 0 Å². The SMILES string of the molecule is CSc1ccccc1NC(=O)CSc1nnc(CCC2CCCCC2)n1N. The number of amides is 1. The summed E-state index contributed by atoms with van der Waals surface area (Å²) in [5.74, 6) is 7.90. The molecule has 1 aliphatic rings. The van der Waals surface area contributed by atoms with Gasteiger partial charge in [-0.2, -0.15) is 0 Å². The lowest BCUT2D eigenvalue weighted by atomic mass is 9.86. The highest BCUT2D eigenvalue weighted by Gasteiger charge is 2.17. The summed E-state index contributed by atoms with van der Waals surface area (Å²) in [6.45, 7) is 0. The van der Waals surface area contributed by atoms with Crippen molar-refractivity contribution in [1.29, 1.82) is 0 Å². The predicted octanol–water partition coefficient (Wildman–Crippen LogP) is 3.96. The number of aromatic nitrogens is 3. The van der Waals surface area contributed by atoms with Crippen molar-refractivity contribution in [3.05, 3.63) is 30.1 Å². The van der Waals surface area contributed by atoms with Gasteiger partial charge in [-0.25, -0.2) is 4.68 Å². The summed E-state index contributed by atoms with van der Waals surface area (Å²) in [6.07, 6.45) is 10.6. The van der Waals surface area contributed by atoms with Gasteiger partial charge in [-0.05, 0) is 30.7 Å². The fourth-order valence-corrected chi connectivity index (χ4v) is 4.68. The maximum atomic E-state index is 12.3. The summed E-state index contributed by atoms with van der Waals surface area (Å²) in [7, 11) is 0. The van der Waals surface area contributed by atoms with Crippen LogP contribution in [0, 0.1) is 5.92 Å². The average molecular weight is 406 g/mol. The molecule has 1 saturated carbocycles. The molecule has 1 amide bonds. The number of carbonyl (C=O) groups is 1. The minimum Gasteiger partial charge on any atom is -0.336 e. The minimum atomic E-state index is -0.0757. The molecule has 0 saturated heterocycles. The van der Waals surface area contributed by atoms with E-state index >= 15 is 0 Å². The molecule has 0 aliphatic heterocycles. The molecule has 0 atom stereocenters. The van der Waals surface area contributed by atoms with Gasteiger partial charge in [-0.15, -0.1) is 22.0 Å². The van der Waals surface area contributed by atoms with Gasteiger partial charge in [0.1, 0.15) is 0 Å². The number of rotatable bonds is 8. The van der Waals surface area contributed by atoms with Gasteiger partial charge in [0.15, 0.2) is 5.82 Å². The second-order valence-corrected chi connectivity index (χ2v) is 8.64. The van der Waals surface area contributed by atoms with Gasteiger partial charge in [-0.1, -0.05) is 56.0 Å². The molecule has 1 aromatic heterocycles. The van der Waals surface area contributed by atoms with Crippen LogP contribution < -0.4 is 11.2 Å². The van der Waals surface area contributed by atoms with Crippen molar-refractivity contribution in [3.8, 4) is 0 Å². The van der Waals surface area contributed by atoms with Crippen molar-refractivity contribution < 1.29 is 4.79 Å². The van der Waals surface area contributed by atoms with Crippen molar-refractivity contribution >= 4 is 35.1 Å². The van der Waals surface area contributed by atoms with E-state index in [1.54, 1.807) is 11.8 Å². The molecule has 0 radical (unpaired) electrons. The summed E-state index contributed by atoms with van der Waals surface area (Å²) in [5.41, 5.74) is 0.831. The number of aryl methyl sites for hydroxylation is 1. The lowest BCUT2D eigenvalue weighted by Crippen LogP contribution is -2.18. The summed E-state index contributed by atoms with van der Waals surface area (Å²) >= 11 is 2.92. The van der Waals surface area contributed by atoms with E-state index in [1.807, 2.05) is 30.5 Å². The molecular weight excluding hydrogens is 378 g/mol. The molecule has 8 heteroatoms. The lowest BCUT2D eigenvalue weighted by molar-refractivity contribution is -0.113. The largest absolute Gasteiger partial charge is 0.336 e. The minimum absolute atomic E-state index is 0.0757. The molecule has 1 fully saturated rings. The Bertz CT molecular complexity index is 758. The summed E-state index contributed by atoms with van der Waals surface area (Å²) in [6, 6.07) is 7.77. The number of hydrogen-bond donors (Lipinski definition) is 2. The maximum absolute atomic E-state index is 12.3. The van der Waals surface area contributed by atoms with Gasteiger partial charge in [0.05, 0.1) is 11.4 Å². The van der Waals surface area contributed by atoms with Gasteiger partial charge in [0, 0.05) is 11.3 Å². The third-order valence-corrected chi connectivity index (χ3v) is 6.69. The topological polar surface area (TPSA) is 85.8 Å². The lowest BCUT2D eigenvalue weighted by Gasteiger charge is -2.20. The van der Waals surface area contributed by atoms with Gasteiger partial charge >= 0.3 is 0 Å². The molecule has 146 valence electrons. The van der Waals surface area contributed by atoms with Crippen LogP contribution in [0.25, 0.3) is 0 Å². The fourth-order valence-electron chi connectivity index (χ4n) is 3.45. The monoisotopic (exact) mass is 405 g/mol. The van der Waals surface area contributed by atoms with Crippen LogP contribution in [-0.4, -0.2) is 32.8 Å². The summed E-state index contributed by atoms with van der Waals surface area (Å²) < 4.78 is 1.54. The van der Waals surface area contributed by atoms with Gasteiger partial charge in [-0.3, -0.25) is 4.79 Å². The van der Waals surface area contributed by atoms with E-state index in [2.05, 4.69) is 15.5 Å². The molecular formula is C19H27N5OS2. The Kier molecular flexibility index (Phi) is 7.46. The third kappa shape index (κ3) is 5.65. The maximum Gasteiger partial charge on any atom is 0.234 e. The quantitative estimate of drug-likeness (QED) is 0.511. The molecule has 0 bridgehead atoms. The molecule has 1 aliphatic carbocycles. The van der Waals surface area contributed by atoms with Crippen molar-refractivity contribution in [1.82, 2.24) is 14.9 Å². The first-order chi connectivity index (χ1) is 13.2. The van der Waals surface area contributed by atoms with Crippen molar-refractivity contribution in [2.45, 2.75) is 55.0 Å². The normalized spacial score (nSPS) is 15.0. The zero-order chi connectivity index (χ0) is 19.1. The van der Waals surface area contributed by atoms with Crippen LogP contribution in [-0.2, 0) is 11.2 Å². The molecule has 0 unspecified atom stereocenters. The van der Waals surface area contributed by atoms with E-state index in [0.29, 0.717) is 5.16 Å². The van der Waals surface area contributed by atoms with E-state index in [-0.39, 0.29) is 11.7 Å². The fraction of sp³-hybridized carbons (Fsp3) is 0.526. The number of nitrogens with two attached hydrogens (primary N) is 1. The number of thioether (sulfide) groups is 2. The first-order valence-electron chi connectivity index (χ1n) is 9.42. The number of nitrogens with one attached hydrogen (secondary N) is 1. The molecule has 2 aromatic rings. The number of carbonyl (C=O) groups excluding carboxylic acids is 1. The highest BCUT2D eigenvalue weighted by molar-refractivity contribution is 7.99. The van der Waals surface area contributed by atoms with Crippen LogP contribution in [0.2, 0.25) is 0 Å². The molecule has 3 N–H and O–H groups in total. The summed E-state index contributed by atoms with van der Waals surface area (Å²) in [5, 5.41) is 11.9. The van der Waals surface area contributed by atoms with Gasteiger partial charge in [0.25, 0.3) is 0 Å². The number of nitrogen functional groups attached to an aromatic ring is 1. The Morgan fingerprint density at radius 1 is 1.26 bits per heavy atom. The molecule has 1 aromatic carbocycles. The number of hydrogen-bond acceptors (Lipinski definition) is 6. The van der Waals surface area contributed by atoms with Crippen LogP contribution in [0.3, 0.4) is 0 Å². The second-order valence-electron chi connectivity index (χ2n) is 6.85. The number of para-hydroxylation sites is 1. The number of nitrogens with zero attached hydrogens (tertiary/aromatic N) is 3.